The quantitative estimate of drug-likeness (QED) is 0.0828. The van der Waals surface area contributed by atoms with E-state index in [0.717, 1.165) is 53.9 Å². The van der Waals surface area contributed by atoms with Crippen molar-refractivity contribution in [2.45, 2.75) is 38.8 Å². The number of azide groups is 1. The number of nitrogens with two attached hydrogens (primary N) is 2. The van der Waals surface area contributed by atoms with E-state index in [1.54, 1.807) is 48.2 Å². The predicted molar refractivity (Wildman–Crippen MR) is 154 cm³/mol. The first-order chi connectivity index (χ1) is 18.6. The minimum atomic E-state index is 0. The first kappa shape index (κ1) is 33.2. The van der Waals surface area contributed by atoms with Crippen LogP contribution >= 0.6 is 24.8 Å². The predicted octanol–water partition coefficient (Wildman–Crippen LogP) is 4.50. The van der Waals surface area contributed by atoms with Gasteiger partial charge in [-0.3, -0.25) is 0 Å². The number of anilines is 2. The fraction of sp³-hybridized carbons (Fsp3) is 0.250. The fourth-order valence-corrected chi connectivity index (χ4v) is 3.07. The summed E-state index contributed by atoms with van der Waals surface area (Å²) in [6, 6.07) is 3.67. The van der Waals surface area contributed by atoms with Gasteiger partial charge in [-0.05, 0) is 36.1 Å². The number of aromatic amines is 2. The van der Waals surface area contributed by atoms with Crippen LogP contribution in [0.1, 0.15) is 34.6 Å². The molecule has 16 heteroatoms. The molecule has 5 heterocycles. The molecule has 0 saturated carbocycles. The number of hydrogen-bond acceptors (Lipinski definition) is 9. The van der Waals surface area contributed by atoms with Gasteiger partial charge in [-0.15, -0.1) is 42.3 Å². The summed E-state index contributed by atoms with van der Waals surface area (Å²) in [5, 5.41) is 11.6. The molecule has 6 N–H and O–H groups in total. The summed E-state index contributed by atoms with van der Waals surface area (Å²) < 4.78 is 11.5. The Morgan fingerprint density at radius 2 is 1.60 bits per heavy atom. The fourth-order valence-electron chi connectivity index (χ4n) is 3.07. The maximum absolute atomic E-state index is 7.89. The summed E-state index contributed by atoms with van der Waals surface area (Å²) >= 11 is 0. The molecule has 0 unspecified atom stereocenters. The number of imidazole rings is 2. The van der Waals surface area contributed by atoms with Crippen molar-refractivity contribution in [3.05, 3.63) is 94.4 Å². The topological polar surface area (TPSA) is 215 Å². The molecule has 0 aliphatic rings. The lowest BCUT2D eigenvalue weighted by molar-refractivity contribution is 0.558. The second-order valence-electron chi connectivity index (χ2n) is 7.85. The highest BCUT2D eigenvalue weighted by Crippen LogP contribution is 2.06. The molecule has 0 bridgehead atoms. The van der Waals surface area contributed by atoms with Gasteiger partial charge in [0.1, 0.15) is 0 Å². The van der Waals surface area contributed by atoms with Gasteiger partial charge in [-0.25, -0.2) is 14.6 Å². The Hall–Kier alpha value is -4.83. The Morgan fingerprint density at radius 3 is 2.12 bits per heavy atom. The van der Waals surface area contributed by atoms with Crippen LogP contribution in [0.3, 0.4) is 0 Å². The average Bonchev–Trinajstić information content (AvgIpc) is 3.75. The van der Waals surface area contributed by atoms with Crippen LogP contribution in [0.25, 0.3) is 10.4 Å². The number of hydrogen-bond donors (Lipinski definition) is 4. The van der Waals surface area contributed by atoms with Crippen molar-refractivity contribution in [3.63, 3.8) is 0 Å². The smallest absolute Gasteiger partial charge is 0.197 e. The molecule has 5 rings (SSSR count). The Kier molecular flexibility index (Phi) is 15.3. The van der Waals surface area contributed by atoms with Crippen LogP contribution in [0.15, 0.2) is 69.7 Å². The van der Waals surface area contributed by atoms with Gasteiger partial charge in [0.05, 0.1) is 56.2 Å². The molecule has 0 radical (unpaired) electrons. The Balaban J connectivity index is 0.000000325. The summed E-state index contributed by atoms with van der Waals surface area (Å²) in [6.07, 6.45) is 20.0. The van der Waals surface area contributed by atoms with Crippen LogP contribution in [-0.4, -0.2) is 34.9 Å². The van der Waals surface area contributed by atoms with Crippen molar-refractivity contribution in [2.24, 2.45) is 5.11 Å². The minimum Gasteiger partial charge on any atom is -0.472 e. The summed E-state index contributed by atoms with van der Waals surface area (Å²) in [7, 11) is 0. The second kappa shape index (κ2) is 18.4. The van der Waals surface area contributed by atoms with Gasteiger partial charge in [0.2, 0.25) is 0 Å². The molecule has 5 aromatic heterocycles. The normalized spacial score (nSPS) is 9.38. The van der Waals surface area contributed by atoms with Gasteiger partial charge < -0.3 is 30.3 Å². The van der Waals surface area contributed by atoms with E-state index >= 15 is 0 Å². The summed E-state index contributed by atoms with van der Waals surface area (Å²) in [5.41, 5.74) is 23.6. The van der Waals surface area contributed by atoms with Crippen molar-refractivity contribution in [2.75, 3.05) is 11.5 Å². The zero-order valence-electron chi connectivity index (χ0n) is 21.4. The van der Waals surface area contributed by atoms with Gasteiger partial charge in [-0.1, -0.05) is 10.3 Å². The number of nitrogen functional groups attached to an aromatic ring is 2. The monoisotopic (exact) mass is 588 g/mol. The molecule has 0 atom stereocenters. The largest absolute Gasteiger partial charge is 0.472 e. The van der Waals surface area contributed by atoms with Crippen LogP contribution in [-0.2, 0) is 32.4 Å². The first-order valence-electron chi connectivity index (χ1n) is 11.5. The van der Waals surface area contributed by atoms with E-state index in [1.165, 1.54) is 0 Å². The van der Waals surface area contributed by atoms with Crippen LogP contribution in [0, 0.1) is 12.3 Å². The summed E-state index contributed by atoms with van der Waals surface area (Å²) in [5.74, 6) is 3.43. The number of halogens is 2. The van der Waals surface area contributed by atoms with Gasteiger partial charge in [0.25, 0.3) is 0 Å². The van der Waals surface area contributed by atoms with E-state index in [4.69, 9.17) is 32.3 Å². The molecule has 212 valence electrons. The lowest BCUT2D eigenvalue weighted by Crippen LogP contribution is -1.98. The minimum absolute atomic E-state index is 0. The molecule has 0 aromatic carbocycles. The number of nitrogens with zero attached hydrogens (tertiary/aromatic N) is 8. The molecule has 0 aliphatic heterocycles. The Morgan fingerprint density at radius 1 is 0.975 bits per heavy atom. The van der Waals surface area contributed by atoms with Crippen LogP contribution in [0.2, 0.25) is 0 Å². The van der Waals surface area contributed by atoms with Crippen molar-refractivity contribution in [1.82, 2.24) is 34.9 Å². The molecule has 0 amide bonds. The summed E-state index contributed by atoms with van der Waals surface area (Å²) in [4.78, 5) is 16.2. The molecule has 0 fully saturated rings. The van der Waals surface area contributed by atoms with Gasteiger partial charge in [-0.2, -0.15) is 0 Å². The number of furan rings is 2. The van der Waals surface area contributed by atoms with E-state index in [9.17, 15) is 0 Å². The zero-order chi connectivity index (χ0) is 27.0. The van der Waals surface area contributed by atoms with Gasteiger partial charge in [0.15, 0.2) is 11.9 Å². The number of H-pyrrole nitrogens is 2. The lowest BCUT2D eigenvalue weighted by Gasteiger charge is -1.95. The highest BCUT2D eigenvalue weighted by atomic mass is 35.5. The Labute approximate surface area is 242 Å². The molecule has 14 nitrogen and oxygen atoms in total. The number of aryl methyl sites for hydroxylation is 3. The van der Waals surface area contributed by atoms with Crippen molar-refractivity contribution in [3.8, 4) is 12.3 Å². The third-order valence-electron chi connectivity index (χ3n) is 4.89. The number of terminal acetylenes is 1. The molecule has 0 saturated heterocycles. The molecule has 5 aromatic rings. The van der Waals surface area contributed by atoms with Crippen molar-refractivity contribution >= 4 is 36.7 Å². The van der Waals surface area contributed by atoms with E-state index in [2.05, 4.69) is 46.2 Å². The molecular formula is C24H30Cl2N12O2. The number of nitrogens with one attached hydrogen (secondary N) is 2. The third kappa shape index (κ3) is 12.1. The maximum Gasteiger partial charge on any atom is 0.197 e. The standard InChI is InChI=1S/C12H14N6O.C7H9N3.C5H5N3O.2ClH/c13-12-14-5-10(15-12)1-2-11-7-18(17-16-11)6-9-3-4-19-8-9;1-2-3-4-6-5-9-7(8)10-6;6-8-7-3-5-1-2-9-4-5;;/h3-5,7-8H,1-2,6H2,(H3,13,14,15);1,5H,3-4H2,(H3,8,9,10);1-2,4H,3H2;2*1H. The molecular weight excluding hydrogens is 559 g/mol. The SMILES string of the molecule is C#CCCc1cnc(N)[nH]1.Cl.Cl.Nc1ncc(CCc2cn(Cc3ccoc3)nn2)[nH]1.[N-]=[N+]=NCc1ccoc1. The van der Waals surface area contributed by atoms with E-state index in [0.29, 0.717) is 25.0 Å². The molecule has 0 aliphatic carbocycles. The average molecular weight is 589 g/mol. The second-order valence-corrected chi connectivity index (χ2v) is 7.85. The number of rotatable bonds is 9. The first-order valence-corrected chi connectivity index (χ1v) is 11.5. The van der Waals surface area contributed by atoms with Gasteiger partial charge in [0, 0.05) is 40.9 Å². The number of aromatic nitrogens is 7. The lowest BCUT2D eigenvalue weighted by atomic mass is 10.2. The maximum atomic E-state index is 7.89. The molecule has 0 spiro atoms. The van der Waals surface area contributed by atoms with Crippen LogP contribution < -0.4 is 11.5 Å². The van der Waals surface area contributed by atoms with Crippen LogP contribution in [0.5, 0.6) is 0 Å². The highest BCUT2D eigenvalue weighted by Gasteiger charge is 2.04. The Bertz CT molecular complexity index is 1430. The van der Waals surface area contributed by atoms with E-state index < -0.39 is 0 Å². The van der Waals surface area contributed by atoms with Crippen LogP contribution in [0.4, 0.5) is 11.9 Å². The van der Waals surface area contributed by atoms with E-state index in [1.807, 2.05) is 12.3 Å². The zero-order valence-corrected chi connectivity index (χ0v) is 23.0. The van der Waals surface area contributed by atoms with Gasteiger partial charge >= 0.3 is 0 Å². The third-order valence-corrected chi connectivity index (χ3v) is 4.89. The van der Waals surface area contributed by atoms with Crippen molar-refractivity contribution < 1.29 is 8.83 Å². The summed E-state index contributed by atoms with van der Waals surface area (Å²) in [6.45, 7) is 1.04. The van der Waals surface area contributed by atoms with Crippen molar-refractivity contribution in [1.29, 1.82) is 0 Å². The molecule has 40 heavy (non-hydrogen) atoms. The highest BCUT2D eigenvalue weighted by molar-refractivity contribution is 5.85. The van der Waals surface area contributed by atoms with E-state index in [-0.39, 0.29) is 24.8 Å².